The molecule has 2 aromatic rings. The normalized spacial score (nSPS) is 10.2. The van der Waals surface area contributed by atoms with Gasteiger partial charge in [-0.2, -0.15) is 0 Å². The van der Waals surface area contributed by atoms with Crippen molar-refractivity contribution in [2.45, 2.75) is 13.8 Å². The number of hydrogen-bond donors (Lipinski definition) is 2. The van der Waals surface area contributed by atoms with Gasteiger partial charge in [0.15, 0.2) is 5.78 Å². The van der Waals surface area contributed by atoms with Gasteiger partial charge >= 0.3 is 5.97 Å². The highest BCUT2D eigenvalue weighted by atomic mass is 35.5. The van der Waals surface area contributed by atoms with E-state index in [1.165, 1.54) is 6.92 Å². The van der Waals surface area contributed by atoms with Gasteiger partial charge in [-0.05, 0) is 49.7 Å². The maximum atomic E-state index is 11.4. The Morgan fingerprint density at radius 2 is 1.81 bits per heavy atom. The van der Waals surface area contributed by atoms with Crippen LogP contribution in [0.25, 0.3) is 0 Å². The molecule has 2 aromatic carbocycles. The molecule has 0 saturated heterocycles. The summed E-state index contributed by atoms with van der Waals surface area (Å²) < 4.78 is 0. The van der Waals surface area contributed by atoms with Crippen LogP contribution in [0.4, 0.5) is 11.4 Å². The fourth-order valence-electron chi connectivity index (χ4n) is 1.91. The molecule has 5 heteroatoms. The van der Waals surface area contributed by atoms with E-state index in [1.54, 1.807) is 36.4 Å². The Labute approximate surface area is 127 Å². The van der Waals surface area contributed by atoms with E-state index in [4.69, 9.17) is 16.7 Å². The Balaban J connectivity index is 2.40. The minimum absolute atomic E-state index is 0.0865. The van der Waals surface area contributed by atoms with Crippen LogP contribution in [-0.4, -0.2) is 16.9 Å². The predicted molar refractivity (Wildman–Crippen MR) is 82.9 cm³/mol. The molecule has 0 saturated carbocycles. The number of carbonyl (C=O) groups is 2. The number of carboxylic acid groups (broad SMARTS) is 1. The lowest BCUT2D eigenvalue weighted by molar-refractivity contribution is 0.0696. The number of aryl methyl sites for hydroxylation is 1. The number of Topliss-reactive ketones (excluding diaryl/α,β-unsaturated/α-hetero) is 1. The molecule has 0 spiro atoms. The molecule has 4 nitrogen and oxygen atoms in total. The highest BCUT2D eigenvalue weighted by Crippen LogP contribution is 2.25. The van der Waals surface area contributed by atoms with Crippen molar-refractivity contribution in [3.05, 3.63) is 58.1 Å². The first-order valence-corrected chi connectivity index (χ1v) is 6.67. The van der Waals surface area contributed by atoms with E-state index in [1.807, 2.05) is 6.92 Å². The molecule has 0 aliphatic heterocycles. The van der Waals surface area contributed by atoms with Crippen LogP contribution in [-0.2, 0) is 0 Å². The number of carbonyl (C=O) groups excluding carboxylic acids is 1. The van der Waals surface area contributed by atoms with Gasteiger partial charge in [-0.3, -0.25) is 4.79 Å². The zero-order valence-corrected chi connectivity index (χ0v) is 12.4. The Morgan fingerprint density at radius 1 is 1.10 bits per heavy atom. The summed E-state index contributed by atoms with van der Waals surface area (Å²) in [4.78, 5) is 22.5. The Bertz CT molecular complexity index is 725. The minimum atomic E-state index is -0.992. The molecule has 21 heavy (non-hydrogen) atoms. The molecule has 0 heterocycles. The SMILES string of the molecule is CC(=O)c1cc(Cl)cc(Nc2cc(C(=O)O)ccc2C)c1. The zero-order chi connectivity index (χ0) is 15.6. The van der Waals surface area contributed by atoms with Gasteiger partial charge in [0.2, 0.25) is 0 Å². The van der Waals surface area contributed by atoms with Gasteiger partial charge in [0.25, 0.3) is 0 Å². The van der Waals surface area contributed by atoms with E-state index in [0.717, 1.165) is 5.56 Å². The van der Waals surface area contributed by atoms with Crippen LogP contribution >= 0.6 is 11.6 Å². The van der Waals surface area contributed by atoms with E-state index < -0.39 is 5.97 Å². The highest BCUT2D eigenvalue weighted by molar-refractivity contribution is 6.31. The number of rotatable bonds is 4. The molecule has 2 N–H and O–H groups in total. The second-order valence-electron chi connectivity index (χ2n) is 4.74. The molecule has 0 aliphatic carbocycles. The maximum Gasteiger partial charge on any atom is 0.335 e. The third-order valence-electron chi connectivity index (χ3n) is 3.07. The first kappa shape index (κ1) is 15.1. The number of carboxylic acids is 1. The number of halogens is 1. The van der Waals surface area contributed by atoms with Crippen molar-refractivity contribution < 1.29 is 14.7 Å². The largest absolute Gasteiger partial charge is 0.478 e. The van der Waals surface area contributed by atoms with Gasteiger partial charge in [-0.15, -0.1) is 0 Å². The average Bonchev–Trinajstić information content (AvgIpc) is 2.40. The fourth-order valence-corrected chi connectivity index (χ4v) is 2.15. The fraction of sp³-hybridized carbons (Fsp3) is 0.125. The van der Waals surface area contributed by atoms with Crippen LogP contribution in [0.3, 0.4) is 0 Å². The molecule has 0 fully saturated rings. The zero-order valence-electron chi connectivity index (χ0n) is 11.6. The third kappa shape index (κ3) is 3.61. The molecule has 0 unspecified atom stereocenters. The lowest BCUT2D eigenvalue weighted by Gasteiger charge is -2.12. The van der Waals surface area contributed by atoms with Crippen molar-refractivity contribution in [3.63, 3.8) is 0 Å². The lowest BCUT2D eigenvalue weighted by atomic mass is 10.1. The summed E-state index contributed by atoms with van der Waals surface area (Å²) in [6, 6.07) is 9.77. The molecule has 0 bridgehead atoms. The summed E-state index contributed by atoms with van der Waals surface area (Å²) in [5, 5.41) is 12.6. The van der Waals surface area contributed by atoms with E-state index >= 15 is 0 Å². The van der Waals surface area contributed by atoms with Crippen molar-refractivity contribution in [2.24, 2.45) is 0 Å². The number of aromatic carboxylic acids is 1. The van der Waals surface area contributed by atoms with Crippen molar-refractivity contribution in [1.29, 1.82) is 0 Å². The van der Waals surface area contributed by atoms with E-state index in [0.29, 0.717) is 22.0 Å². The number of benzene rings is 2. The van der Waals surface area contributed by atoms with Gasteiger partial charge in [-0.1, -0.05) is 17.7 Å². The topological polar surface area (TPSA) is 66.4 Å². The molecule has 0 aliphatic rings. The Kier molecular flexibility index (Phi) is 4.29. The summed E-state index contributed by atoms with van der Waals surface area (Å²) in [7, 11) is 0. The van der Waals surface area contributed by atoms with E-state index in [-0.39, 0.29) is 11.3 Å². The predicted octanol–water partition coefficient (Wildman–Crippen LogP) is 4.29. The summed E-state index contributed by atoms with van der Waals surface area (Å²) in [6.45, 7) is 3.33. The Hall–Kier alpha value is -2.33. The smallest absolute Gasteiger partial charge is 0.335 e. The molecular weight excluding hydrogens is 290 g/mol. The summed E-state index contributed by atoms with van der Waals surface area (Å²) in [5.41, 5.74) is 2.88. The highest BCUT2D eigenvalue weighted by Gasteiger charge is 2.08. The van der Waals surface area contributed by atoms with Crippen molar-refractivity contribution in [2.75, 3.05) is 5.32 Å². The summed E-state index contributed by atoms with van der Waals surface area (Å²) in [6.07, 6.45) is 0. The van der Waals surface area contributed by atoms with Gasteiger partial charge < -0.3 is 10.4 Å². The van der Waals surface area contributed by atoms with E-state index in [9.17, 15) is 9.59 Å². The van der Waals surface area contributed by atoms with Crippen LogP contribution in [0.1, 0.15) is 33.2 Å². The van der Waals surface area contributed by atoms with Gasteiger partial charge in [0.1, 0.15) is 0 Å². The number of anilines is 2. The van der Waals surface area contributed by atoms with Crippen molar-refractivity contribution in [3.8, 4) is 0 Å². The molecule has 0 amide bonds. The lowest BCUT2D eigenvalue weighted by Crippen LogP contribution is -2.01. The van der Waals surface area contributed by atoms with Crippen LogP contribution < -0.4 is 5.32 Å². The monoisotopic (exact) mass is 303 g/mol. The standard InChI is InChI=1S/C16H14ClNO3/c1-9-3-4-11(16(20)21)7-15(9)18-14-6-12(10(2)19)5-13(17)8-14/h3-8,18H,1-2H3,(H,20,21). The summed E-state index contributed by atoms with van der Waals surface area (Å²) >= 11 is 6.00. The molecule has 108 valence electrons. The molecule has 0 radical (unpaired) electrons. The van der Waals surface area contributed by atoms with Crippen LogP contribution in [0, 0.1) is 6.92 Å². The number of nitrogens with one attached hydrogen (secondary N) is 1. The quantitative estimate of drug-likeness (QED) is 0.827. The first-order chi connectivity index (χ1) is 9.86. The van der Waals surface area contributed by atoms with Gasteiger partial charge in [-0.25, -0.2) is 4.79 Å². The van der Waals surface area contributed by atoms with Crippen molar-refractivity contribution in [1.82, 2.24) is 0 Å². The maximum absolute atomic E-state index is 11.4. The second kappa shape index (κ2) is 5.97. The van der Waals surface area contributed by atoms with Crippen LogP contribution in [0.5, 0.6) is 0 Å². The molecular formula is C16H14ClNO3. The van der Waals surface area contributed by atoms with Gasteiger partial charge in [0, 0.05) is 22.0 Å². The van der Waals surface area contributed by atoms with Gasteiger partial charge in [0.05, 0.1) is 5.56 Å². The Morgan fingerprint density at radius 3 is 2.43 bits per heavy atom. The van der Waals surface area contributed by atoms with Crippen LogP contribution in [0.2, 0.25) is 5.02 Å². The average molecular weight is 304 g/mol. The third-order valence-corrected chi connectivity index (χ3v) is 3.29. The summed E-state index contributed by atoms with van der Waals surface area (Å²) in [5.74, 6) is -1.08. The van der Waals surface area contributed by atoms with Crippen LogP contribution in [0.15, 0.2) is 36.4 Å². The minimum Gasteiger partial charge on any atom is -0.478 e. The second-order valence-corrected chi connectivity index (χ2v) is 5.18. The molecule has 0 atom stereocenters. The number of ketones is 1. The molecule has 2 rings (SSSR count). The van der Waals surface area contributed by atoms with E-state index in [2.05, 4.69) is 5.32 Å². The number of hydrogen-bond acceptors (Lipinski definition) is 3. The first-order valence-electron chi connectivity index (χ1n) is 6.29. The molecule has 0 aromatic heterocycles. The van der Waals surface area contributed by atoms with Crippen molar-refractivity contribution >= 4 is 34.7 Å².